The van der Waals surface area contributed by atoms with Crippen LogP contribution in [0, 0.1) is 0 Å². The summed E-state index contributed by atoms with van der Waals surface area (Å²) in [5.74, 6) is -0.0219. The average Bonchev–Trinajstić information content (AvgIpc) is 2.69. The number of aromatic nitrogens is 3. The predicted octanol–water partition coefficient (Wildman–Crippen LogP) is 1.13. The molecule has 0 atom stereocenters. The number of carbonyl (C=O) groups is 1. The van der Waals surface area contributed by atoms with Crippen molar-refractivity contribution in [3.05, 3.63) is 45.6 Å². The Morgan fingerprint density at radius 1 is 1.35 bits per heavy atom. The van der Waals surface area contributed by atoms with E-state index in [0.29, 0.717) is 23.0 Å². The largest absolute Gasteiger partial charge is 0.368 e. The number of nitrogens with zero attached hydrogens (tertiary/aromatic N) is 3. The fraction of sp³-hybridized carbons (Fsp3) is 0.308. The number of primary amides is 1. The highest BCUT2D eigenvalue weighted by molar-refractivity contribution is 6.30. The summed E-state index contributed by atoms with van der Waals surface area (Å²) in [6.45, 7) is 1.81. The molecule has 0 aliphatic heterocycles. The molecular weight excluding hydrogens is 280 g/mol. The second-order valence-electron chi connectivity index (χ2n) is 4.39. The molecule has 0 aliphatic carbocycles. The molecule has 0 spiro atoms. The zero-order chi connectivity index (χ0) is 14.7. The summed E-state index contributed by atoms with van der Waals surface area (Å²) < 4.78 is 2.56. The summed E-state index contributed by atoms with van der Waals surface area (Å²) >= 11 is 5.82. The fourth-order valence-corrected chi connectivity index (χ4v) is 2.04. The maximum Gasteiger partial charge on any atom is 0.351 e. The lowest BCUT2D eigenvalue weighted by Gasteiger charge is -2.00. The Morgan fingerprint density at radius 3 is 2.55 bits per heavy atom. The Kier molecular flexibility index (Phi) is 4.24. The molecule has 6 nitrogen and oxygen atoms in total. The lowest BCUT2D eigenvalue weighted by molar-refractivity contribution is -0.118. The first-order valence-corrected chi connectivity index (χ1v) is 6.63. The van der Waals surface area contributed by atoms with Crippen molar-refractivity contribution in [2.24, 2.45) is 5.73 Å². The monoisotopic (exact) mass is 294 g/mol. The molecule has 0 aliphatic rings. The van der Waals surface area contributed by atoms with Crippen LogP contribution in [-0.4, -0.2) is 20.3 Å². The van der Waals surface area contributed by atoms with E-state index in [1.165, 1.54) is 9.25 Å². The Labute approximate surface area is 120 Å². The van der Waals surface area contributed by atoms with Gasteiger partial charge in [0.15, 0.2) is 0 Å². The number of nitrogens with two attached hydrogens (primary N) is 1. The SMILES string of the molecule is CCCc1nn(-c2ccc(Cl)cc2)c(=O)n1CC(N)=O. The smallest absolute Gasteiger partial charge is 0.351 e. The minimum atomic E-state index is -0.569. The first kappa shape index (κ1) is 14.3. The van der Waals surface area contributed by atoms with E-state index in [2.05, 4.69) is 5.10 Å². The van der Waals surface area contributed by atoms with Crippen LogP contribution in [0.1, 0.15) is 19.2 Å². The van der Waals surface area contributed by atoms with Gasteiger partial charge in [-0.3, -0.25) is 9.36 Å². The lowest BCUT2D eigenvalue weighted by atomic mass is 10.3. The number of halogens is 1. The van der Waals surface area contributed by atoms with E-state index in [-0.39, 0.29) is 12.2 Å². The molecule has 106 valence electrons. The molecule has 0 radical (unpaired) electrons. The first-order valence-electron chi connectivity index (χ1n) is 6.26. The number of benzene rings is 1. The number of hydrogen-bond acceptors (Lipinski definition) is 3. The normalized spacial score (nSPS) is 10.7. The summed E-state index contributed by atoms with van der Waals surface area (Å²) in [5, 5.41) is 4.84. The van der Waals surface area contributed by atoms with Crippen LogP contribution in [0.2, 0.25) is 5.02 Å². The molecule has 20 heavy (non-hydrogen) atoms. The minimum Gasteiger partial charge on any atom is -0.368 e. The standard InChI is InChI=1S/C13H15ClN4O2/c1-2-3-12-16-18(10-6-4-9(14)5-7-10)13(20)17(12)8-11(15)19/h4-7H,2-3,8H2,1H3,(H2,15,19). The molecule has 2 rings (SSSR count). The van der Waals surface area contributed by atoms with Gasteiger partial charge < -0.3 is 5.73 Å². The molecule has 0 unspecified atom stereocenters. The molecular formula is C13H15ClN4O2. The Hall–Kier alpha value is -2.08. The Morgan fingerprint density at radius 2 is 2.00 bits per heavy atom. The van der Waals surface area contributed by atoms with E-state index in [4.69, 9.17) is 17.3 Å². The van der Waals surface area contributed by atoms with Crippen LogP contribution in [0.5, 0.6) is 0 Å². The molecule has 0 saturated heterocycles. The number of hydrogen-bond donors (Lipinski definition) is 1. The predicted molar refractivity (Wildman–Crippen MR) is 76.0 cm³/mol. The highest BCUT2D eigenvalue weighted by Gasteiger charge is 2.15. The summed E-state index contributed by atoms with van der Waals surface area (Å²) in [7, 11) is 0. The van der Waals surface area contributed by atoms with Crippen molar-refractivity contribution >= 4 is 17.5 Å². The lowest BCUT2D eigenvalue weighted by Crippen LogP contribution is -2.30. The van der Waals surface area contributed by atoms with Crippen molar-refractivity contribution in [3.8, 4) is 5.69 Å². The van der Waals surface area contributed by atoms with Crippen molar-refractivity contribution in [1.29, 1.82) is 0 Å². The minimum absolute atomic E-state index is 0.165. The van der Waals surface area contributed by atoms with E-state index < -0.39 is 5.91 Å². The third-order valence-corrected chi connectivity index (χ3v) is 3.05. The zero-order valence-electron chi connectivity index (χ0n) is 11.0. The molecule has 0 fully saturated rings. The number of aryl methyl sites for hydroxylation is 1. The van der Waals surface area contributed by atoms with Crippen molar-refractivity contribution in [2.45, 2.75) is 26.3 Å². The van der Waals surface area contributed by atoms with Crippen LogP contribution < -0.4 is 11.4 Å². The second kappa shape index (κ2) is 5.92. The molecule has 1 heterocycles. The van der Waals surface area contributed by atoms with Gasteiger partial charge in [-0.25, -0.2) is 4.79 Å². The van der Waals surface area contributed by atoms with Gasteiger partial charge in [-0.05, 0) is 30.7 Å². The highest BCUT2D eigenvalue weighted by Crippen LogP contribution is 2.12. The van der Waals surface area contributed by atoms with E-state index in [9.17, 15) is 9.59 Å². The molecule has 1 aromatic heterocycles. The Balaban J connectivity index is 2.51. The maximum atomic E-state index is 12.3. The topological polar surface area (TPSA) is 82.9 Å². The van der Waals surface area contributed by atoms with Gasteiger partial charge in [0.2, 0.25) is 5.91 Å². The first-order chi connectivity index (χ1) is 9.52. The molecule has 2 N–H and O–H groups in total. The van der Waals surface area contributed by atoms with E-state index in [1.807, 2.05) is 6.92 Å². The van der Waals surface area contributed by atoms with Crippen molar-refractivity contribution in [1.82, 2.24) is 14.3 Å². The van der Waals surface area contributed by atoms with Gasteiger partial charge in [0.05, 0.1) is 5.69 Å². The van der Waals surface area contributed by atoms with E-state index in [1.54, 1.807) is 24.3 Å². The summed E-state index contributed by atoms with van der Waals surface area (Å²) in [6.07, 6.45) is 1.42. The molecule has 0 bridgehead atoms. The molecule has 1 amide bonds. The van der Waals surface area contributed by atoms with E-state index >= 15 is 0 Å². The van der Waals surface area contributed by atoms with Crippen LogP contribution >= 0.6 is 11.6 Å². The van der Waals surface area contributed by atoms with Gasteiger partial charge in [0.1, 0.15) is 12.4 Å². The molecule has 1 aromatic carbocycles. The third-order valence-electron chi connectivity index (χ3n) is 2.80. The maximum absolute atomic E-state index is 12.3. The van der Waals surface area contributed by atoms with Gasteiger partial charge in [-0.1, -0.05) is 18.5 Å². The van der Waals surface area contributed by atoms with Gasteiger partial charge in [0, 0.05) is 11.4 Å². The van der Waals surface area contributed by atoms with E-state index in [0.717, 1.165) is 6.42 Å². The van der Waals surface area contributed by atoms with Crippen molar-refractivity contribution < 1.29 is 4.79 Å². The van der Waals surface area contributed by atoms with Crippen molar-refractivity contribution in [3.63, 3.8) is 0 Å². The number of carbonyl (C=O) groups excluding carboxylic acids is 1. The summed E-state index contributed by atoms with van der Waals surface area (Å²) in [4.78, 5) is 23.4. The van der Waals surface area contributed by atoms with Crippen molar-refractivity contribution in [2.75, 3.05) is 0 Å². The second-order valence-corrected chi connectivity index (χ2v) is 4.83. The number of amides is 1. The zero-order valence-corrected chi connectivity index (χ0v) is 11.8. The third kappa shape index (κ3) is 2.91. The van der Waals surface area contributed by atoms with Crippen LogP contribution in [0.15, 0.2) is 29.1 Å². The van der Waals surface area contributed by atoms with Gasteiger partial charge >= 0.3 is 5.69 Å². The quantitative estimate of drug-likeness (QED) is 0.897. The molecule has 0 saturated carbocycles. The van der Waals surface area contributed by atoms with Gasteiger partial charge in [-0.2, -0.15) is 4.68 Å². The molecule has 2 aromatic rings. The van der Waals surface area contributed by atoms with Crippen LogP contribution in [0.3, 0.4) is 0 Å². The van der Waals surface area contributed by atoms with Crippen LogP contribution in [-0.2, 0) is 17.8 Å². The average molecular weight is 295 g/mol. The highest BCUT2D eigenvalue weighted by atomic mass is 35.5. The summed E-state index contributed by atoms with van der Waals surface area (Å²) in [5.41, 5.74) is 5.39. The summed E-state index contributed by atoms with van der Waals surface area (Å²) in [6, 6.07) is 6.74. The van der Waals surface area contributed by atoms with Gasteiger partial charge in [0.25, 0.3) is 0 Å². The molecule has 7 heteroatoms. The Bertz CT molecular complexity index is 673. The van der Waals surface area contributed by atoms with Crippen LogP contribution in [0.25, 0.3) is 5.69 Å². The fourth-order valence-electron chi connectivity index (χ4n) is 1.91. The number of rotatable bonds is 5. The van der Waals surface area contributed by atoms with Crippen LogP contribution in [0.4, 0.5) is 0 Å². The van der Waals surface area contributed by atoms with Gasteiger partial charge in [-0.15, -0.1) is 5.10 Å².